The van der Waals surface area contributed by atoms with Crippen molar-refractivity contribution in [3.8, 4) is 0 Å². The molecule has 0 radical (unpaired) electrons. The van der Waals surface area contributed by atoms with Crippen molar-refractivity contribution in [2.24, 2.45) is 17.1 Å². The van der Waals surface area contributed by atoms with Gasteiger partial charge in [-0.1, -0.05) is 12.1 Å². The molecule has 120 valence electrons. The first-order valence-corrected chi connectivity index (χ1v) is 8.58. The van der Waals surface area contributed by atoms with E-state index in [4.69, 9.17) is 5.73 Å². The predicted octanol–water partition coefficient (Wildman–Crippen LogP) is 1.59. The third-order valence-corrected chi connectivity index (χ3v) is 6.14. The number of amides is 1. The number of piperidine rings is 1. The van der Waals surface area contributed by atoms with Crippen molar-refractivity contribution in [1.29, 1.82) is 0 Å². The Balaban J connectivity index is 1.42. The van der Waals surface area contributed by atoms with E-state index in [1.165, 1.54) is 12.8 Å². The van der Waals surface area contributed by atoms with Crippen LogP contribution in [-0.4, -0.2) is 44.9 Å². The number of nitrogens with two attached hydrogens (primary N) is 1. The normalized spacial score (nSPS) is 37.2. The minimum atomic E-state index is 0.0544. The van der Waals surface area contributed by atoms with Crippen LogP contribution in [0.15, 0.2) is 6.20 Å². The summed E-state index contributed by atoms with van der Waals surface area (Å²) in [7, 11) is 0. The van der Waals surface area contributed by atoms with Crippen molar-refractivity contribution in [3.05, 3.63) is 11.9 Å². The maximum absolute atomic E-state index is 12.6. The molecule has 1 aromatic heterocycles. The molecule has 1 aliphatic heterocycles. The molecule has 0 bridgehead atoms. The highest BCUT2D eigenvalue weighted by atomic mass is 16.2. The lowest BCUT2D eigenvalue weighted by molar-refractivity contribution is 0.0758. The van der Waals surface area contributed by atoms with Crippen molar-refractivity contribution < 1.29 is 4.79 Å². The van der Waals surface area contributed by atoms with E-state index in [2.05, 4.69) is 17.2 Å². The number of likely N-dealkylation sites (tertiary alicyclic amines) is 1. The average Bonchev–Trinajstić information content (AvgIpc) is 2.92. The average molecular weight is 303 g/mol. The maximum atomic E-state index is 12.6. The highest BCUT2D eigenvalue weighted by Gasteiger charge is 2.59. The summed E-state index contributed by atoms with van der Waals surface area (Å²) in [6, 6.07) is 0.672. The lowest BCUT2D eigenvalue weighted by atomic mass is 9.92. The van der Waals surface area contributed by atoms with Crippen molar-refractivity contribution >= 4 is 5.91 Å². The largest absolute Gasteiger partial charge is 0.336 e. The van der Waals surface area contributed by atoms with Gasteiger partial charge in [-0.25, -0.2) is 4.68 Å². The van der Waals surface area contributed by atoms with Gasteiger partial charge in [-0.3, -0.25) is 4.79 Å². The zero-order chi connectivity index (χ0) is 15.3. The molecule has 0 spiro atoms. The number of rotatable bonds is 3. The maximum Gasteiger partial charge on any atom is 0.276 e. The summed E-state index contributed by atoms with van der Waals surface area (Å²) in [5.41, 5.74) is 6.87. The summed E-state index contributed by atoms with van der Waals surface area (Å²) in [6.07, 6.45) is 8.43. The number of hydrogen-bond acceptors (Lipinski definition) is 4. The lowest BCUT2D eigenvalue weighted by Gasteiger charge is -2.25. The van der Waals surface area contributed by atoms with Crippen molar-refractivity contribution in [2.75, 3.05) is 13.1 Å². The van der Waals surface area contributed by atoms with E-state index in [0.29, 0.717) is 23.2 Å². The monoisotopic (exact) mass is 303 g/mol. The molecule has 2 aliphatic carbocycles. The number of nitrogens with zero attached hydrogens (tertiary/aromatic N) is 4. The molecule has 6 heteroatoms. The Kier molecular flexibility index (Phi) is 3.25. The topological polar surface area (TPSA) is 77.0 Å². The molecule has 2 unspecified atom stereocenters. The van der Waals surface area contributed by atoms with E-state index in [1.807, 2.05) is 15.8 Å². The molecule has 2 heterocycles. The first-order chi connectivity index (χ1) is 10.6. The summed E-state index contributed by atoms with van der Waals surface area (Å²) in [5.74, 6) is 0.773. The fourth-order valence-electron chi connectivity index (χ4n) is 4.38. The molecule has 1 saturated heterocycles. The summed E-state index contributed by atoms with van der Waals surface area (Å²) in [6.45, 7) is 4.04. The second-order valence-electron chi connectivity index (χ2n) is 7.46. The van der Waals surface area contributed by atoms with Crippen LogP contribution in [0, 0.1) is 11.3 Å². The van der Waals surface area contributed by atoms with Crippen LogP contribution in [0.5, 0.6) is 0 Å². The summed E-state index contributed by atoms with van der Waals surface area (Å²) >= 11 is 0. The van der Waals surface area contributed by atoms with E-state index in [9.17, 15) is 4.79 Å². The summed E-state index contributed by atoms with van der Waals surface area (Å²) < 4.78 is 1.88. The first-order valence-electron chi connectivity index (χ1n) is 8.58. The fraction of sp³-hybridized carbons (Fsp3) is 0.812. The van der Waals surface area contributed by atoms with E-state index in [0.717, 1.165) is 44.7 Å². The highest BCUT2D eigenvalue weighted by Crippen LogP contribution is 2.59. The molecule has 2 atom stereocenters. The van der Waals surface area contributed by atoms with Crippen LogP contribution in [0.2, 0.25) is 0 Å². The molecule has 3 aliphatic rings. The summed E-state index contributed by atoms with van der Waals surface area (Å²) in [5, 5.41) is 8.34. The van der Waals surface area contributed by atoms with E-state index in [-0.39, 0.29) is 5.91 Å². The van der Waals surface area contributed by atoms with Crippen molar-refractivity contribution in [2.45, 2.75) is 57.5 Å². The number of hydrogen-bond donors (Lipinski definition) is 1. The van der Waals surface area contributed by atoms with Gasteiger partial charge in [0.25, 0.3) is 5.91 Å². The number of carbonyl (C=O) groups is 1. The molecule has 1 aromatic rings. The fourth-order valence-corrected chi connectivity index (χ4v) is 4.38. The smallest absolute Gasteiger partial charge is 0.276 e. The van der Waals surface area contributed by atoms with Crippen LogP contribution in [0.3, 0.4) is 0 Å². The van der Waals surface area contributed by atoms with Crippen LogP contribution in [0.1, 0.15) is 62.0 Å². The van der Waals surface area contributed by atoms with Gasteiger partial charge in [-0.15, -0.1) is 5.10 Å². The van der Waals surface area contributed by atoms with Gasteiger partial charge >= 0.3 is 0 Å². The molecule has 1 amide bonds. The quantitative estimate of drug-likeness (QED) is 0.920. The van der Waals surface area contributed by atoms with Crippen LogP contribution in [-0.2, 0) is 0 Å². The molecule has 2 saturated carbocycles. The van der Waals surface area contributed by atoms with E-state index < -0.39 is 0 Å². The van der Waals surface area contributed by atoms with Crippen molar-refractivity contribution in [1.82, 2.24) is 19.9 Å². The zero-order valence-electron chi connectivity index (χ0n) is 13.2. The van der Waals surface area contributed by atoms with Crippen LogP contribution < -0.4 is 5.73 Å². The van der Waals surface area contributed by atoms with Crippen LogP contribution in [0.4, 0.5) is 0 Å². The summed E-state index contributed by atoms with van der Waals surface area (Å²) in [4.78, 5) is 14.6. The van der Waals surface area contributed by atoms with Crippen LogP contribution in [0.25, 0.3) is 0 Å². The van der Waals surface area contributed by atoms with Gasteiger partial charge in [-0.2, -0.15) is 0 Å². The Morgan fingerprint density at radius 3 is 2.86 bits per heavy atom. The molecule has 22 heavy (non-hydrogen) atoms. The molecule has 3 fully saturated rings. The molecule has 0 aromatic carbocycles. The van der Waals surface area contributed by atoms with Gasteiger partial charge in [0.15, 0.2) is 5.69 Å². The van der Waals surface area contributed by atoms with Gasteiger partial charge in [0.05, 0.1) is 12.2 Å². The standard InChI is InChI=1S/C16H25N5O/c1-2-16-7-11(16)8-20(10-16)15(22)14-9-21(19-18-14)13-5-3-12(17)4-6-13/h9,11-13H,2-8,10,17H2,1H3. The molecule has 6 nitrogen and oxygen atoms in total. The lowest BCUT2D eigenvalue weighted by Crippen LogP contribution is -2.32. The Hall–Kier alpha value is -1.43. The zero-order valence-corrected chi connectivity index (χ0v) is 13.2. The second-order valence-corrected chi connectivity index (χ2v) is 7.46. The molecular weight excluding hydrogens is 278 g/mol. The molecule has 2 N–H and O–H groups in total. The minimum Gasteiger partial charge on any atom is -0.336 e. The molecular formula is C16H25N5O. The van der Waals surface area contributed by atoms with Gasteiger partial charge in [0.2, 0.25) is 0 Å². The predicted molar refractivity (Wildman–Crippen MR) is 82.2 cm³/mol. The highest BCUT2D eigenvalue weighted by molar-refractivity contribution is 5.92. The van der Waals surface area contributed by atoms with E-state index >= 15 is 0 Å². The second kappa shape index (κ2) is 5.05. The Bertz CT molecular complexity index is 573. The van der Waals surface area contributed by atoms with Gasteiger partial charge < -0.3 is 10.6 Å². The number of aromatic nitrogens is 3. The Morgan fingerprint density at radius 2 is 2.18 bits per heavy atom. The first kappa shape index (κ1) is 14.2. The van der Waals surface area contributed by atoms with E-state index in [1.54, 1.807) is 0 Å². The van der Waals surface area contributed by atoms with Gasteiger partial charge in [0.1, 0.15) is 0 Å². The Labute approximate surface area is 131 Å². The van der Waals surface area contributed by atoms with Crippen molar-refractivity contribution in [3.63, 3.8) is 0 Å². The van der Waals surface area contributed by atoms with Crippen LogP contribution >= 0.6 is 0 Å². The third kappa shape index (κ3) is 2.24. The molecule has 4 rings (SSSR count). The minimum absolute atomic E-state index is 0.0544. The SMILES string of the molecule is CCC12CC1CN(C(=O)c1cn(C3CCC(N)CC3)nn1)C2. The third-order valence-electron chi connectivity index (χ3n) is 6.14. The van der Waals surface area contributed by atoms with Gasteiger partial charge in [-0.05, 0) is 49.9 Å². The number of carbonyl (C=O) groups excluding carboxylic acids is 1. The number of fused-ring (bicyclic) bond motifs is 1. The Morgan fingerprint density at radius 1 is 1.41 bits per heavy atom. The van der Waals surface area contributed by atoms with Gasteiger partial charge in [0, 0.05) is 19.1 Å².